The minimum absolute atomic E-state index is 0.0128. The lowest BCUT2D eigenvalue weighted by Crippen LogP contribution is -2.51. The molecule has 2 aromatic rings. The minimum Gasteiger partial charge on any atom is -0.483 e. The van der Waals surface area contributed by atoms with Gasteiger partial charge in [-0.15, -0.1) is 0 Å². The molecule has 2 amide bonds. The smallest absolute Gasteiger partial charge is 0.261 e. The average Bonchev–Trinajstić information content (AvgIpc) is 2.75. The van der Waals surface area contributed by atoms with Crippen LogP contribution in [0.15, 0.2) is 36.4 Å². The van der Waals surface area contributed by atoms with Crippen LogP contribution in [0.4, 0.5) is 0 Å². The van der Waals surface area contributed by atoms with E-state index < -0.39 is 6.04 Å². The Hall–Kier alpha value is -2.24. The summed E-state index contributed by atoms with van der Waals surface area (Å²) in [5.74, 6) is 0.176. The highest BCUT2D eigenvalue weighted by Gasteiger charge is 2.30. The van der Waals surface area contributed by atoms with E-state index in [0.29, 0.717) is 27.8 Å². The Bertz CT molecular complexity index is 949. The Morgan fingerprint density at radius 2 is 1.78 bits per heavy atom. The van der Waals surface area contributed by atoms with Gasteiger partial charge in [0.05, 0.1) is 0 Å². The van der Waals surface area contributed by atoms with Crippen molar-refractivity contribution < 1.29 is 14.3 Å². The fraction of sp³-hybridized carbons (Fsp3) is 0.440. The van der Waals surface area contributed by atoms with Crippen LogP contribution in [0.2, 0.25) is 10.0 Å². The van der Waals surface area contributed by atoms with Crippen molar-refractivity contribution >= 4 is 35.0 Å². The molecular formula is C25H32Cl2N2O3. The van der Waals surface area contributed by atoms with E-state index in [9.17, 15) is 9.59 Å². The van der Waals surface area contributed by atoms with E-state index in [1.165, 1.54) is 4.90 Å². The molecule has 7 heteroatoms. The van der Waals surface area contributed by atoms with E-state index in [2.05, 4.69) is 5.32 Å². The van der Waals surface area contributed by atoms with Gasteiger partial charge in [-0.25, -0.2) is 0 Å². The molecule has 0 aliphatic heterocycles. The Balaban J connectivity index is 2.29. The quantitative estimate of drug-likeness (QED) is 0.475. The fourth-order valence-electron chi connectivity index (χ4n) is 3.28. The Morgan fingerprint density at radius 1 is 1.06 bits per heavy atom. The Kier molecular flexibility index (Phi) is 9.85. The van der Waals surface area contributed by atoms with Gasteiger partial charge in [0.25, 0.3) is 5.91 Å². The molecular weight excluding hydrogens is 447 g/mol. The van der Waals surface area contributed by atoms with E-state index in [1.54, 1.807) is 18.2 Å². The summed E-state index contributed by atoms with van der Waals surface area (Å²) in [5, 5.41) is 3.95. The molecule has 0 aliphatic rings. The van der Waals surface area contributed by atoms with Crippen LogP contribution in [0, 0.1) is 13.8 Å². The van der Waals surface area contributed by atoms with Gasteiger partial charge in [0.2, 0.25) is 5.91 Å². The summed E-state index contributed by atoms with van der Waals surface area (Å²) in [5.41, 5.74) is 2.70. The molecule has 0 saturated heterocycles. The van der Waals surface area contributed by atoms with E-state index in [1.807, 2.05) is 52.8 Å². The van der Waals surface area contributed by atoms with Crippen LogP contribution in [0.25, 0.3) is 0 Å². The summed E-state index contributed by atoms with van der Waals surface area (Å²) in [6, 6.07) is 10.3. The summed E-state index contributed by atoms with van der Waals surface area (Å²) in [4.78, 5) is 27.8. The van der Waals surface area contributed by atoms with E-state index in [4.69, 9.17) is 27.9 Å². The first-order valence-corrected chi connectivity index (χ1v) is 11.7. The second kappa shape index (κ2) is 12.1. The SMILES string of the molecule is CC[C@H](C(=O)N[C@@H](C)CC)N(Cc1ccc(Cl)cc1Cl)C(=O)COc1cc(C)ccc1C. The van der Waals surface area contributed by atoms with Crippen molar-refractivity contribution in [2.24, 2.45) is 0 Å². The number of rotatable bonds is 10. The van der Waals surface area contributed by atoms with Crippen LogP contribution in [0.3, 0.4) is 0 Å². The molecule has 0 bridgehead atoms. The van der Waals surface area contributed by atoms with Crippen LogP contribution in [-0.4, -0.2) is 35.4 Å². The van der Waals surface area contributed by atoms with Crippen LogP contribution in [0.5, 0.6) is 5.75 Å². The number of ether oxygens (including phenoxy) is 1. The zero-order chi connectivity index (χ0) is 23.8. The van der Waals surface area contributed by atoms with E-state index >= 15 is 0 Å². The number of carbonyl (C=O) groups is 2. The second-order valence-corrected chi connectivity index (χ2v) is 8.90. The van der Waals surface area contributed by atoms with E-state index in [0.717, 1.165) is 17.5 Å². The first-order valence-electron chi connectivity index (χ1n) is 10.9. The minimum atomic E-state index is -0.648. The van der Waals surface area contributed by atoms with Gasteiger partial charge in [-0.1, -0.05) is 55.2 Å². The molecule has 0 saturated carbocycles. The maximum Gasteiger partial charge on any atom is 0.261 e. The molecule has 0 spiro atoms. The third-order valence-electron chi connectivity index (χ3n) is 5.44. The van der Waals surface area contributed by atoms with Crippen LogP contribution < -0.4 is 10.1 Å². The molecule has 0 unspecified atom stereocenters. The average molecular weight is 479 g/mol. The fourth-order valence-corrected chi connectivity index (χ4v) is 3.75. The highest BCUT2D eigenvalue weighted by molar-refractivity contribution is 6.35. The van der Waals surface area contributed by atoms with Crippen molar-refractivity contribution in [3.05, 3.63) is 63.1 Å². The highest BCUT2D eigenvalue weighted by atomic mass is 35.5. The van der Waals surface area contributed by atoms with Crippen molar-refractivity contribution in [1.29, 1.82) is 0 Å². The largest absolute Gasteiger partial charge is 0.483 e. The maximum atomic E-state index is 13.3. The molecule has 0 radical (unpaired) electrons. The topological polar surface area (TPSA) is 58.6 Å². The number of hydrogen-bond acceptors (Lipinski definition) is 3. The van der Waals surface area contributed by atoms with Gasteiger partial charge in [0.15, 0.2) is 6.61 Å². The van der Waals surface area contributed by atoms with Gasteiger partial charge >= 0.3 is 0 Å². The van der Waals surface area contributed by atoms with Crippen LogP contribution >= 0.6 is 23.2 Å². The number of amides is 2. The van der Waals surface area contributed by atoms with Crippen molar-refractivity contribution in [1.82, 2.24) is 10.2 Å². The van der Waals surface area contributed by atoms with Crippen LogP contribution in [-0.2, 0) is 16.1 Å². The molecule has 2 atom stereocenters. The predicted molar refractivity (Wildman–Crippen MR) is 130 cm³/mol. The van der Waals surface area contributed by atoms with Gasteiger partial charge in [0.1, 0.15) is 11.8 Å². The summed E-state index contributed by atoms with van der Waals surface area (Å²) in [6.45, 7) is 9.72. The Morgan fingerprint density at radius 3 is 2.41 bits per heavy atom. The molecule has 2 rings (SSSR count). The van der Waals surface area contributed by atoms with Crippen molar-refractivity contribution in [3.8, 4) is 5.75 Å². The monoisotopic (exact) mass is 478 g/mol. The standard InChI is InChI=1S/C25H32Cl2N2O3/c1-6-18(5)28-25(31)22(7-2)29(14-19-10-11-20(26)13-21(19)27)24(30)15-32-23-12-16(3)8-9-17(23)4/h8-13,18,22H,6-7,14-15H2,1-5H3,(H,28,31)/t18-,22+/m0/s1. The summed E-state index contributed by atoms with van der Waals surface area (Å²) in [7, 11) is 0. The van der Waals surface area contributed by atoms with Gasteiger partial charge in [-0.05, 0) is 68.5 Å². The molecule has 0 aromatic heterocycles. The van der Waals surface area contributed by atoms with Gasteiger partial charge in [-0.3, -0.25) is 9.59 Å². The zero-order valence-corrected chi connectivity index (χ0v) is 20.9. The number of carbonyl (C=O) groups excluding carboxylic acids is 2. The molecule has 0 fully saturated rings. The number of aryl methyl sites for hydroxylation is 2. The van der Waals surface area contributed by atoms with Gasteiger partial charge in [0, 0.05) is 22.6 Å². The third kappa shape index (κ3) is 7.14. The third-order valence-corrected chi connectivity index (χ3v) is 6.02. The summed E-state index contributed by atoms with van der Waals surface area (Å²) in [6.07, 6.45) is 1.26. The number of benzene rings is 2. The van der Waals surface area contributed by atoms with Crippen molar-refractivity contribution in [2.45, 2.75) is 66.1 Å². The predicted octanol–water partition coefficient (Wildman–Crippen LogP) is 5.71. The van der Waals surface area contributed by atoms with Crippen molar-refractivity contribution in [2.75, 3.05) is 6.61 Å². The molecule has 174 valence electrons. The molecule has 5 nitrogen and oxygen atoms in total. The number of halogens is 2. The first kappa shape index (κ1) is 26.0. The molecule has 0 aliphatic carbocycles. The number of nitrogens with one attached hydrogen (secondary N) is 1. The zero-order valence-electron chi connectivity index (χ0n) is 19.4. The molecule has 32 heavy (non-hydrogen) atoms. The lowest BCUT2D eigenvalue weighted by atomic mass is 10.1. The maximum absolute atomic E-state index is 13.3. The summed E-state index contributed by atoms with van der Waals surface area (Å²) >= 11 is 12.4. The lowest BCUT2D eigenvalue weighted by Gasteiger charge is -2.31. The van der Waals surface area contributed by atoms with Crippen molar-refractivity contribution in [3.63, 3.8) is 0 Å². The second-order valence-electron chi connectivity index (χ2n) is 8.06. The number of hydrogen-bond donors (Lipinski definition) is 1. The van der Waals surface area contributed by atoms with Gasteiger partial charge in [-0.2, -0.15) is 0 Å². The first-order chi connectivity index (χ1) is 15.2. The van der Waals surface area contributed by atoms with E-state index in [-0.39, 0.29) is 31.0 Å². The lowest BCUT2D eigenvalue weighted by molar-refractivity contribution is -0.143. The molecule has 0 heterocycles. The number of nitrogens with zero attached hydrogens (tertiary/aromatic N) is 1. The molecule has 1 N–H and O–H groups in total. The Labute approximate surface area is 201 Å². The van der Waals surface area contributed by atoms with Crippen LogP contribution in [0.1, 0.15) is 50.3 Å². The summed E-state index contributed by atoms with van der Waals surface area (Å²) < 4.78 is 5.85. The highest BCUT2D eigenvalue weighted by Crippen LogP contribution is 2.24. The normalized spacial score (nSPS) is 12.7. The molecule has 2 aromatic carbocycles. The van der Waals surface area contributed by atoms with Gasteiger partial charge < -0.3 is 15.0 Å².